The van der Waals surface area contributed by atoms with E-state index < -0.39 is 5.82 Å². The second kappa shape index (κ2) is 11.0. The van der Waals surface area contributed by atoms with Crippen molar-refractivity contribution in [3.63, 3.8) is 0 Å². The number of pyridine rings is 1. The highest BCUT2D eigenvalue weighted by molar-refractivity contribution is 5.72. The second-order valence-corrected chi connectivity index (χ2v) is 8.14. The van der Waals surface area contributed by atoms with Crippen LogP contribution in [0, 0.1) is 5.82 Å². The molecule has 0 N–H and O–H groups in total. The predicted octanol–water partition coefficient (Wildman–Crippen LogP) is 3.72. The maximum atomic E-state index is 14.8. The molecule has 8 nitrogen and oxygen atoms in total. The summed E-state index contributed by atoms with van der Waals surface area (Å²) in [5.74, 6) is 0.708. The van der Waals surface area contributed by atoms with Crippen molar-refractivity contribution in [1.29, 1.82) is 0 Å². The molecule has 34 heavy (non-hydrogen) atoms. The van der Waals surface area contributed by atoms with Crippen LogP contribution in [0.2, 0.25) is 0 Å². The van der Waals surface area contributed by atoms with Gasteiger partial charge in [-0.3, -0.25) is 9.78 Å². The maximum absolute atomic E-state index is 14.8. The number of carbonyl (C=O) groups excluding carboxylic acids is 1. The molecule has 0 radical (unpaired) electrons. The Morgan fingerprint density at radius 3 is 2.65 bits per heavy atom. The average Bonchev–Trinajstić information content (AvgIpc) is 2.86. The molecular formula is C25H28FN5O3. The topological polar surface area (TPSA) is 80.7 Å². The standard InChI is InChI=1S/C25H28FN5O3/c1-18(32)30(2)9-3-4-21-16-27-17-25(29-21)34-23-7-5-19(14-22(23)26)20-6-8-24(28-15-20)31-10-12-33-13-11-31/h5-8,14-17H,3-4,9-13H2,1-2H3. The van der Waals surface area contributed by atoms with Crippen LogP contribution in [0.15, 0.2) is 48.9 Å². The van der Waals surface area contributed by atoms with Gasteiger partial charge in [-0.1, -0.05) is 6.07 Å². The summed E-state index contributed by atoms with van der Waals surface area (Å²) in [4.78, 5) is 28.2. The molecule has 178 valence electrons. The molecule has 1 aliphatic heterocycles. The summed E-state index contributed by atoms with van der Waals surface area (Å²) in [5, 5.41) is 0. The van der Waals surface area contributed by atoms with Crippen LogP contribution in [-0.4, -0.2) is 65.7 Å². The summed E-state index contributed by atoms with van der Waals surface area (Å²) in [6.07, 6.45) is 6.23. The van der Waals surface area contributed by atoms with Gasteiger partial charge in [-0.15, -0.1) is 0 Å². The first kappa shape index (κ1) is 23.6. The minimum atomic E-state index is -0.495. The lowest BCUT2D eigenvalue weighted by molar-refractivity contribution is -0.127. The summed E-state index contributed by atoms with van der Waals surface area (Å²) in [6.45, 7) is 5.17. The molecule has 1 fully saturated rings. The summed E-state index contributed by atoms with van der Waals surface area (Å²) < 4.78 is 25.8. The number of amides is 1. The Morgan fingerprint density at radius 1 is 1.15 bits per heavy atom. The molecule has 3 aromatic rings. The van der Waals surface area contributed by atoms with E-state index in [2.05, 4.69) is 19.9 Å². The Kier molecular flexibility index (Phi) is 7.64. The van der Waals surface area contributed by atoms with Gasteiger partial charge in [-0.2, -0.15) is 0 Å². The summed E-state index contributed by atoms with van der Waals surface area (Å²) in [7, 11) is 1.76. The minimum Gasteiger partial charge on any atom is -0.434 e. The number of hydrogen-bond acceptors (Lipinski definition) is 7. The van der Waals surface area contributed by atoms with Gasteiger partial charge in [0.1, 0.15) is 5.82 Å². The van der Waals surface area contributed by atoms with Crippen LogP contribution in [0.4, 0.5) is 10.2 Å². The molecule has 3 heterocycles. The molecule has 0 aliphatic carbocycles. The fourth-order valence-corrected chi connectivity index (χ4v) is 3.62. The first-order valence-corrected chi connectivity index (χ1v) is 11.3. The average molecular weight is 466 g/mol. The van der Waals surface area contributed by atoms with Gasteiger partial charge in [0, 0.05) is 51.6 Å². The van der Waals surface area contributed by atoms with E-state index in [1.54, 1.807) is 36.5 Å². The number of halogens is 1. The Morgan fingerprint density at radius 2 is 1.94 bits per heavy atom. The Balaban J connectivity index is 1.39. The van der Waals surface area contributed by atoms with Gasteiger partial charge in [0.2, 0.25) is 11.8 Å². The van der Waals surface area contributed by atoms with Crippen molar-refractivity contribution in [3.05, 3.63) is 60.4 Å². The lowest BCUT2D eigenvalue weighted by Crippen LogP contribution is -2.36. The Hall–Kier alpha value is -3.59. The molecule has 0 unspecified atom stereocenters. The third kappa shape index (κ3) is 6.05. The van der Waals surface area contributed by atoms with E-state index >= 15 is 0 Å². The van der Waals surface area contributed by atoms with Gasteiger partial charge in [0.15, 0.2) is 11.6 Å². The number of ether oxygens (including phenoxy) is 2. The molecule has 1 aromatic carbocycles. The third-order valence-electron chi connectivity index (χ3n) is 5.69. The molecular weight excluding hydrogens is 437 g/mol. The SMILES string of the molecule is CC(=O)N(C)CCCc1cncc(Oc2ccc(-c3ccc(N4CCOCC4)nc3)cc2F)n1. The predicted molar refractivity (Wildman–Crippen MR) is 126 cm³/mol. The molecule has 0 saturated carbocycles. The van der Waals surface area contributed by atoms with E-state index in [0.717, 1.165) is 36.6 Å². The zero-order valence-corrected chi connectivity index (χ0v) is 19.4. The Labute approximate surface area is 198 Å². The van der Waals surface area contributed by atoms with Gasteiger partial charge >= 0.3 is 0 Å². The molecule has 4 rings (SSSR count). The first-order chi connectivity index (χ1) is 16.5. The number of aryl methyl sites for hydroxylation is 1. The van der Waals surface area contributed by atoms with Crippen LogP contribution >= 0.6 is 0 Å². The van der Waals surface area contributed by atoms with Crippen molar-refractivity contribution in [2.75, 3.05) is 44.8 Å². The number of nitrogens with zero attached hydrogens (tertiary/aromatic N) is 5. The second-order valence-electron chi connectivity index (χ2n) is 8.14. The minimum absolute atomic E-state index is 0.0194. The number of anilines is 1. The Bertz CT molecular complexity index is 1120. The van der Waals surface area contributed by atoms with Crippen LogP contribution in [0.1, 0.15) is 19.0 Å². The van der Waals surface area contributed by atoms with Crippen LogP contribution in [0.25, 0.3) is 11.1 Å². The van der Waals surface area contributed by atoms with Crippen molar-refractivity contribution in [1.82, 2.24) is 19.9 Å². The zero-order chi connectivity index (χ0) is 23.9. The lowest BCUT2D eigenvalue weighted by atomic mass is 10.1. The van der Waals surface area contributed by atoms with Crippen LogP contribution in [-0.2, 0) is 16.0 Å². The fraction of sp³-hybridized carbons (Fsp3) is 0.360. The quantitative estimate of drug-likeness (QED) is 0.502. The molecule has 0 spiro atoms. The number of rotatable bonds is 8. The lowest BCUT2D eigenvalue weighted by Gasteiger charge is -2.27. The fourth-order valence-electron chi connectivity index (χ4n) is 3.62. The van der Waals surface area contributed by atoms with Crippen LogP contribution in [0.3, 0.4) is 0 Å². The van der Waals surface area contributed by atoms with Gasteiger partial charge in [0.05, 0.1) is 25.1 Å². The largest absolute Gasteiger partial charge is 0.434 e. The van der Waals surface area contributed by atoms with Crippen molar-refractivity contribution >= 4 is 11.7 Å². The highest BCUT2D eigenvalue weighted by atomic mass is 19.1. The van der Waals surface area contributed by atoms with Crippen LogP contribution in [0.5, 0.6) is 11.6 Å². The summed E-state index contributed by atoms with van der Waals surface area (Å²) in [6, 6.07) is 8.68. The number of hydrogen-bond donors (Lipinski definition) is 0. The molecule has 1 saturated heterocycles. The van der Waals surface area contributed by atoms with E-state index in [1.807, 2.05) is 12.1 Å². The van der Waals surface area contributed by atoms with Crippen molar-refractivity contribution in [3.8, 4) is 22.8 Å². The molecule has 0 bridgehead atoms. The van der Waals surface area contributed by atoms with Gasteiger partial charge < -0.3 is 19.3 Å². The molecule has 1 aliphatic rings. The van der Waals surface area contributed by atoms with Crippen molar-refractivity contribution < 1.29 is 18.7 Å². The third-order valence-corrected chi connectivity index (χ3v) is 5.69. The van der Waals surface area contributed by atoms with Gasteiger partial charge in [-0.05, 0) is 42.7 Å². The molecule has 2 aromatic heterocycles. The number of aromatic nitrogens is 3. The highest BCUT2D eigenvalue weighted by Gasteiger charge is 2.13. The molecule has 1 amide bonds. The molecule has 0 atom stereocenters. The monoisotopic (exact) mass is 465 g/mol. The number of morpholine rings is 1. The van der Waals surface area contributed by atoms with Gasteiger partial charge in [-0.25, -0.2) is 14.4 Å². The number of benzene rings is 1. The summed E-state index contributed by atoms with van der Waals surface area (Å²) in [5.41, 5.74) is 2.25. The van der Waals surface area contributed by atoms with E-state index in [-0.39, 0.29) is 17.5 Å². The summed E-state index contributed by atoms with van der Waals surface area (Å²) >= 11 is 0. The van der Waals surface area contributed by atoms with Crippen molar-refractivity contribution in [2.45, 2.75) is 19.8 Å². The van der Waals surface area contributed by atoms with Crippen LogP contribution < -0.4 is 9.64 Å². The van der Waals surface area contributed by atoms with E-state index in [0.29, 0.717) is 31.7 Å². The highest BCUT2D eigenvalue weighted by Crippen LogP contribution is 2.29. The van der Waals surface area contributed by atoms with E-state index in [1.165, 1.54) is 19.2 Å². The molecule has 9 heteroatoms. The zero-order valence-electron chi connectivity index (χ0n) is 19.4. The van der Waals surface area contributed by atoms with Crippen molar-refractivity contribution in [2.24, 2.45) is 0 Å². The first-order valence-electron chi connectivity index (χ1n) is 11.3. The van der Waals surface area contributed by atoms with E-state index in [9.17, 15) is 9.18 Å². The smallest absolute Gasteiger partial charge is 0.238 e. The number of carbonyl (C=O) groups is 1. The normalized spacial score (nSPS) is 13.6. The van der Waals surface area contributed by atoms with Gasteiger partial charge in [0.25, 0.3) is 0 Å². The maximum Gasteiger partial charge on any atom is 0.238 e. The van der Waals surface area contributed by atoms with E-state index in [4.69, 9.17) is 9.47 Å².